The zero-order valence-electron chi connectivity index (χ0n) is 20.6. The van der Waals surface area contributed by atoms with Crippen LogP contribution in [-0.2, 0) is 26.0 Å². The third-order valence-electron chi connectivity index (χ3n) is 6.61. The number of hydrogen-bond acceptors (Lipinski definition) is 7. The van der Waals surface area contributed by atoms with E-state index in [2.05, 4.69) is 5.32 Å². The zero-order chi connectivity index (χ0) is 25.7. The summed E-state index contributed by atoms with van der Waals surface area (Å²) in [7, 11) is -3.83. The number of carbonyl (C=O) groups excluding carboxylic acids is 1. The van der Waals surface area contributed by atoms with Crippen molar-refractivity contribution in [1.82, 2.24) is 14.5 Å². The van der Waals surface area contributed by atoms with Crippen LogP contribution in [0.2, 0.25) is 0 Å². The first kappa shape index (κ1) is 26.6. The number of sulfonamides is 1. The average Bonchev–Trinajstić information content (AvgIpc) is 3.68. The van der Waals surface area contributed by atoms with Crippen molar-refractivity contribution in [2.45, 2.75) is 55.4 Å². The minimum atomic E-state index is -3.83. The maximum absolute atomic E-state index is 13.4. The van der Waals surface area contributed by atoms with Gasteiger partial charge in [-0.3, -0.25) is 9.69 Å². The van der Waals surface area contributed by atoms with Crippen molar-refractivity contribution in [3.8, 4) is 0 Å². The lowest BCUT2D eigenvalue weighted by molar-refractivity contribution is -0.125. The molecule has 1 amide bonds. The molecule has 3 atom stereocenters. The van der Waals surface area contributed by atoms with E-state index < -0.39 is 22.2 Å². The number of aliphatic hydroxyl groups is 1. The van der Waals surface area contributed by atoms with Crippen LogP contribution in [0.25, 0.3) is 0 Å². The standard InChI is InChI=1S/C26H36N4O5S/c1-19-16-29(13-14-35-19)18-26(32)28-24(15-20-5-3-2-4-6-20)25(31)17-30(22-9-10-22)36(33,34)23-11-7-21(27)8-12-23/h2-8,11-12,19,22,24-25,31H,9-10,13-18,27H2,1H3,(H,28,32)/t19-,24-,25+/m0/s1. The molecule has 196 valence electrons. The molecule has 2 aromatic carbocycles. The van der Waals surface area contributed by atoms with Crippen molar-refractivity contribution < 1.29 is 23.1 Å². The minimum Gasteiger partial charge on any atom is -0.399 e. The second-order valence-electron chi connectivity index (χ2n) is 9.72. The topological polar surface area (TPSA) is 125 Å². The molecule has 2 fully saturated rings. The molecule has 0 spiro atoms. The molecule has 4 rings (SSSR count). The zero-order valence-corrected chi connectivity index (χ0v) is 21.4. The highest BCUT2D eigenvalue weighted by Crippen LogP contribution is 2.32. The summed E-state index contributed by atoms with van der Waals surface area (Å²) in [6.45, 7) is 3.96. The lowest BCUT2D eigenvalue weighted by Gasteiger charge is -2.32. The van der Waals surface area contributed by atoms with Crippen molar-refractivity contribution in [1.29, 1.82) is 0 Å². The van der Waals surface area contributed by atoms with Crippen LogP contribution in [0.5, 0.6) is 0 Å². The van der Waals surface area contributed by atoms with E-state index in [0.29, 0.717) is 31.8 Å². The van der Waals surface area contributed by atoms with Crippen LogP contribution in [0.1, 0.15) is 25.3 Å². The molecule has 4 N–H and O–H groups in total. The van der Waals surface area contributed by atoms with Crippen LogP contribution < -0.4 is 11.1 Å². The van der Waals surface area contributed by atoms with Crippen LogP contribution in [0.4, 0.5) is 5.69 Å². The fraction of sp³-hybridized carbons (Fsp3) is 0.500. The second kappa shape index (κ2) is 11.7. The number of amides is 1. The average molecular weight is 517 g/mol. The van der Waals surface area contributed by atoms with Gasteiger partial charge in [0, 0.05) is 31.4 Å². The van der Waals surface area contributed by atoms with E-state index in [1.807, 2.05) is 42.2 Å². The van der Waals surface area contributed by atoms with E-state index in [0.717, 1.165) is 18.4 Å². The molecule has 1 saturated heterocycles. The molecular weight excluding hydrogens is 480 g/mol. The normalized spacial score (nSPS) is 20.7. The quantitative estimate of drug-likeness (QED) is 0.384. The number of nitrogens with one attached hydrogen (secondary N) is 1. The number of anilines is 1. The van der Waals surface area contributed by atoms with Crippen molar-refractivity contribution in [2.24, 2.45) is 0 Å². The molecule has 1 saturated carbocycles. The van der Waals surface area contributed by atoms with Gasteiger partial charge in [-0.2, -0.15) is 4.31 Å². The molecule has 1 aliphatic heterocycles. The predicted octanol–water partition coefficient (Wildman–Crippen LogP) is 1.23. The fourth-order valence-electron chi connectivity index (χ4n) is 4.53. The molecule has 1 heterocycles. The molecule has 36 heavy (non-hydrogen) atoms. The maximum Gasteiger partial charge on any atom is 0.243 e. The Morgan fingerprint density at radius 1 is 1.19 bits per heavy atom. The number of hydrogen-bond donors (Lipinski definition) is 3. The monoisotopic (exact) mass is 516 g/mol. The Labute approximate surface area is 213 Å². The van der Waals surface area contributed by atoms with E-state index in [4.69, 9.17) is 10.5 Å². The van der Waals surface area contributed by atoms with Gasteiger partial charge in [-0.1, -0.05) is 30.3 Å². The minimum absolute atomic E-state index is 0.0582. The Kier molecular flexibility index (Phi) is 8.63. The summed E-state index contributed by atoms with van der Waals surface area (Å²) in [5.74, 6) is -0.205. The Bertz CT molecular complexity index is 1110. The predicted molar refractivity (Wildman–Crippen MR) is 138 cm³/mol. The maximum atomic E-state index is 13.4. The number of carbonyl (C=O) groups is 1. The smallest absolute Gasteiger partial charge is 0.243 e. The van der Waals surface area contributed by atoms with Crippen LogP contribution in [0.3, 0.4) is 0 Å². The van der Waals surface area contributed by atoms with Crippen molar-refractivity contribution in [2.75, 3.05) is 38.5 Å². The van der Waals surface area contributed by atoms with E-state index in [1.165, 1.54) is 16.4 Å². The lowest BCUT2D eigenvalue weighted by atomic mass is 10.0. The van der Waals surface area contributed by atoms with Gasteiger partial charge in [-0.15, -0.1) is 0 Å². The molecular formula is C26H36N4O5S. The van der Waals surface area contributed by atoms with E-state index in [-0.39, 0.29) is 36.0 Å². The highest BCUT2D eigenvalue weighted by atomic mass is 32.2. The van der Waals surface area contributed by atoms with Gasteiger partial charge in [-0.25, -0.2) is 8.42 Å². The molecule has 0 bridgehead atoms. The Morgan fingerprint density at radius 3 is 2.53 bits per heavy atom. The van der Waals surface area contributed by atoms with Crippen molar-refractivity contribution >= 4 is 21.6 Å². The van der Waals surface area contributed by atoms with Crippen LogP contribution in [-0.4, -0.2) is 85.7 Å². The van der Waals surface area contributed by atoms with Crippen LogP contribution in [0.15, 0.2) is 59.5 Å². The van der Waals surface area contributed by atoms with Gasteiger partial charge in [0.25, 0.3) is 0 Å². The van der Waals surface area contributed by atoms with Gasteiger partial charge in [0.2, 0.25) is 15.9 Å². The van der Waals surface area contributed by atoms with Gasteiger partial charge in [-0.05, 0) is 56.0 Å². The Hall–Kier alpha value is -2.50. The third-order valence-corrected chi connectivity index (χ3v) is 8.54. The highest BCUT2D eigenvalue weighted by molar-refractivity contribution is 7.89. The summed E-state index contributed by atoms with van der Waals surface area (Å²) in [5, 5.41) is 14.3. The summed E-state index contributed by atoms with van der Waals surface area (Å²) in [6.07, 6.45) is 0.829. The number of rotatable bonds is 11. The highest BCUT2D eigenvalue weighted by Gasteiger charge is 2.40. The number of benzene rings is 2. The molecule has 0 radical (unpaired) electrons. The van der Waals surface area contributed by atoms with Gasteiger partial charge in [0.05, 0.1) is 36.3 Å². The van der Waals surface area contributed by atoms with Gasteiger partial charge in [0.15, 0.2) is 0 Å². The largest absolute Gasteiger partial charge is 0.399 e. The number of nitrogen functional groups attached to an aromatic ring is 1. The van der Waals surface area contributed by atoms with Crippen molar-refractivity contribution in [3.05, 3.63) is 60.2 Å². The molecule has 10 heteroatoms. The first-order valence-corrected chi connectivity index (χ1v) is 13.9. The van der Waals surface area contributed by atoms with Gasteiger partial charge in [0.1, 0.15) is 0 Å². The lowest BCUT2D eigenvalue weighted by Crippen LogP contribution is -2.53. The first-order valence-electron chi connectivity index (χ1n) is 12.4. The van der Waals surface area contributed by atoms with E-state index in [9.17, 15) is 18.3 Å². The summed E-state index contributed by atoms with van der Waals surface area (Å²) < 4.78 is 33.8. The molecule has 2 aromatic rings. The molecule has 0 aromatic heterocycles. The van der Waals surface area contributed by atoms with E-state index in [1.54, 1.807) is 12.1 Å². The van der Waals surface area contributed by atoms with E-state index >= 15 is 0 Å². The third kappa shape index (κ3) is 7.04. The number of ether oxygens (including phenoxy) is 1. The Balaban J connectivity index is 1.49. The molecule has 2 aliphatic rings. The number of morpholine rings is 1. The number of nitrogens with zero attached hydrogens (tertiary/aromatic N) is 2. The molecule has 1 aliphatic carbocycles. The van der Waals surface area contributed by atoms with Gasteiger partial charge < -0.3 is 20.9 Å². The van der Waals surface area contributed by atoms with Crippen molar-refractivity contribution in [3.63, 3.8) is 0 Å². The van der Waals surface area contributed by atoms with Crippen LogP contribution in [0, 0.1) is 0 Å². The number of aliphatic hydroxyl groups excluding tert-OH is 1. The summed E-state index contributed by atoms with van der Waals surface area (Å²) >= 11 is 0. The Morgan fingerprint density at radius 2 is 1.89 bits per heavy atom. The summed E-state index contributed by atoms with van der Waals surface area (Å²) in [4.78, 5) is 15.1. The molecule has 9 nitrogen and oxygen atoms in total. The summed E-state index contributed by atoms with van der Waals surface area (Å²) in [6, 6.07) is 14.8. The number of nitrogens with two attached hydrogens (primary N) is 1. The summed E-state index contributed by atoms with van der Waals surface area (Å²) in [5.41, 5.74) is 7.16. The second-order valence-corrected chi connectivity index (χ2v) is 11.6. The van der Waals surface area contributed by atoms with Crippen LogP contribution >= 0.6 is 0 Å². The first-order chi connectivity index (χ1) is 17.2. The van der Waals surface area contributed by atoms with Gasteiger partial charge >= 0.3 is 0 Å². The SMILES string of the molecule is C[C@H]1CN(CC(=O)N[C@@H](Cc2ccccc2)[C@H](O)CN(C2CC2)S(=O)(=O)c2ccc(N)cc2)CCO1. The molecule has 0 unspecified atom stereocenters. The fourth-order valence-corrected chi connectivity index (χ4v) is 6.24.